The van der Waals surface area contributed by atoms with E-state index in [1.165, 1.54) is 24.4 Å². The number of nitrogens with one attached hydrogen (secondary N) is 1. The van der Waals surface area contributed by atoms with E-state index in [2.05, 4.69) is 10.3 Å². The summed E-state index contributed by atoms with van der Waals surface area (Å²) in [6.07, 6.45) is 2.24. The second-order valence-corrected chi connectivity index (χ2v) is 11.9. The normalized spacial score (nSPS) is 26.4. The molecule has 2 aromatic carbocycles. The number of benzene rings is 2. The molecule has 4 heterocycles. The largest absolute Gasteiger partial charge is 0.434 e. The van der Waals surface area contributed by atoms with E-state index in [1.54, 1.807) is 25.1 Å². The average Bonchev–Trinajstić information content (AvgIpc) is 3.38. The molecule has 2 aliphatic heterocycles. The van der Waals surface area contributed by atoms with Crippen LogP contribution in [-0.2, 0) is 5.54 Å². The third kappa shape index (κ3) is 3.90. The minimum atomic E-state index is -3.06. The molecule has 7 rings (SSSR count). The van der Waals surface area contributed by atoms with E-state index in [4.69, 9.17) is 31.1 Å². The Morgan fingerprint density at radius 3 is 2.67 bits per heavy atom. The number of fused-ring (bicyclic) bond motifs is 9. The number of nitrogens with zero attached hydrogens (tertiary/aromatic N) is 3. The molecule has 1 fully saturated rings. The fourth-order valence-corrected chi connectivity index (χ4v) is 6.94. The lowest BCUT2D eigenvalue weighted by molar-refractivity contribution is -0.0583. The Morgan fingerprint density at radius 1 is 1.21 bits per heavy atom. The number of pyridine rings is 1. The Balaban J connectivity index is 1.28. The minimum absolute atomic E-state index is 0.0586. The fourth-order valence-electron chi connectivity index (χ4n) is 6.94. The monoisotopic (exact) mass is 569 g/mol. The smallest absolute Gasteiger partial charge is 0.387 e. The highest BCUT2D eigenvalue weighted by Crippen LogP contribution is 2.56. The number of amides is 1. The SMILES string of the molecule is [B]C([B])(O)C1(C)CC(N)(c2ncc(-c3ccc4nc5n(c4c3)C3CC5NC(=O)c4cccc(OC(F)F)c43)cc2F)C1. The van der Waals surface area contributed by atoms with Gasteiger partial charge in [0.25, 0.3) is 5.91 Å². The van der Waals surface area contributed by atoms with Gasteiger partial charge < -0.3 is 25.5 Å². The van der Waals surface area contributed by atoms with Crippen LogP contribution in [0.2, 0.25) is 0 Å². The number of alkyl halides is 2. The van der Waals surface area contributed by atoms with E-state index < -0.39 is 40.9 Å². The average molecular weight is 569 g/mol. The van der Waals surface area contributed by atoms with Crippen molar-refractivity contribution < 1.29 is 27.8 Å². The van der Waals surface area contributed by atoms with Crippen LogP contribution in [0.25, 0.3) is 22.2 Å². The third-order valence-electron chi connectivity index (χ3n) is 8.99. The maximum atomic E-state index is 15.4. The van der Waals surface area contributed by atoms with Gasteiger partial charge in [0.1, 0.15) is 17.4 Å². The van der Waals surface area contributed by atoms with Crippen molar-refractivity contribution in [3.8, 4) is 16.9 Å². The number of aliphatic hydroxyl groups is 1. The van der Waals surface area contributed by atoms with Crippen molar-refractivity contribution >= 4 is 32.6 Å². The third-order valence-corrected chi connectivity index (χ3v) is 8.99. The van der Waals surface area contributed by atoms with Crippen LogP contribution < -0.4 is 15.8 Å². The molecule has 1 aliphatic carbocycles. The first-order chi connectivity index (χ1) is 19.8. The lowest BCUT2D eigenvalue weighted by Gasteiger charge is -2.58. The molecule has 1 saturated carbocycles. The van der Waals surface area contributed by atoms with E-state index in [0.717, 1.165) is 0 Å². The molecule has 8 nitrogen and oxygen atoms in total. The molecule has 4 N–H and O–H groups in total. The van der Waals surface area contributed by atoms with E-state index in [1.807, 2.05) is 10.6 Å². The number of imidazole rings is 1. The number of carbonyl (C=O) groups is 1. The van der Waals surface area contributed by atoms with Crippen LogP contribution in [0.5, 0.6) is 5.75 Å². The summed E-state index contributed by atoms with van der Waals surface area (Å²) in [7, 11) is 11.4. The summed E-state index contributed by atoms with van der Waals surface area (Å²) in [5, 5.41) is 11.1. The van der Waals surface area contributed by atoms with Crippen LogP contribution in [-0.4, -0.2) is 53.3 Å². The van der Waals surface area contributed by atoms with Gasteiger partial charge in [-0.3, -0.25) is 9.78 Å². The topological polar surface area (TPSA) is 115 Å². The molecule has 13 heteroatoms. The Kier molecular flexibility index (Phi) is 5.69. The molecular weight excluding hydrogens is 545 g/mol. The quantitative estimate of drug-likeness (QED) is 0.317. The number of ether oxygens (including phenoxy) is 1. The van der Waals surface area contributed by atoms with Gasteiger partial charge in [0.15, 0.2) is 0 Å². The molecular formula is C29H24B2F3N5O3. The van der Waals surface area contributed by atoms with Crippen molar-refractivity contribution in [3.63, 3.8) is 0 Å². The molecule has 2 bridgehead atoms. The van der Waals surface area contributed by atoms with E-state index in [0.29, 0.717) is 40.0 Å². The van der Waals surface area contributed by atoms with Crippen LogP contribution in [0.3, 0.4) is 0 Å². The molecule has 1 amide bonds. The summed E-state index contributed by atoms with van der Waals surface area (Å²) < 4.78 is 48.8. The molecule has 0 spiro atoms. The summed E-state index contributed by atoms with van der Waals surface area (Å²) in [6.45, 7) is -1.37. The van der Waals surface area contributed by atoms with Crippen molar-refractivity contribution in [2.45, 2.75) is 55.8 Å². The zero-order chi connectivity index (χ0) is 29.8. The van der Waals surface area contributed by atoms with Crippen LogP contribution in [0.1, 0.15) is 65.7 Å². The van der Waals surface area contributed by atoms with Crippen molar-refractivity contribution in [1.29, 1.82) is 0 Å². The Labute approximate surface area is 241 Å². The number of rotatable bonds is 5. The van der Waals surface area contributed by atoms with Gasteiger partial charge in [0.2, 0.25) is 0 Å². The summed E-state index contributed by atoms with van der Waals surface area (Å²) >= 11 is 0. The lowest BCUT2D eigenvalue weighted by atomic mass is 9.40. The molecule has 3 aliphatic rings. The van der Waals surface area contributed by atoms with Gasteiger partial charge in [-0.1, -0.05) is 19.1 Å². The van der Waals surface area contributed by atoms with E-state index in [9.17, 15) is 18.7 Å². The minimum Gasteiger partial charge on any atom is -0.434 e. The summed E-state index contributed by atoms with van der Waals surface area (Å²) in [5.41, 5.74) is 7.54. The van der Waals surface area contributed by atoms with Gasteiger partial charge in [-0.25, -0.2) is 9.37 Å². The highest BCUT2D eigenvalue weighted by atomic mass is 19.3. The second kappa shape index (κ2) is 8.84. The van der Waals surface area contributed by atoms with Crippen LogP contribution >= 0.6 is 0 Å². The number of aromatic nitrogens is 3. The number of carbonyl (C=O) groups excluding carboxylic acids is 1. The van der Waals surface area contributed by atoms with Crippen molar-refractivity contribution in [1.82, 2.24) is 19.9 Å². The van der Waals surface area contributed by atoms with E-state index in [-0.39, 0.29) is 35.8 Å². The first kappa shape index (κ1) is 27.0. The van der Waals surface area contributed by atoms with Crippen molar-refractivity contribution in [3.05, 3.63) is 77.1 Å². The maximum Gasteiger partial charge on any atom is 0.387 e. The van der Waals surface area contributed by atoms with Gasteiger partial charge in [-0.15, -0.1) is 0 Å². The summed E-state index contributed by atoms with van der Waals surface area (Å²) in [4.78, 5) is 22.1. The van der Waals surface area contributed by atoms with Crippen LogP contribution in [0.4, 0.5) is 13.2 Å². The predicted molar refractivity (Wildman–Crippen MR) is 149 cm³/mol. The zero-order valence-corrected chi connectivity index (χ0v) is 22.4. The van der Waals surface area contributed by atoms with E-state index >= 15 is 4.39 Å². The Bertz CT molecular complexity index is 1780. The first-order valence-electron chi connectivity index (χ1n) is 13.4. The number of hydrogen-bond donors (Lipinski definition) is 3. The summed E-state index contributed by atoms with van der Waals surface area (Å²) in [5.74, 6) is -0.465. The lowest BCUT2D eigenvalue weighted by Crippen LogP contribution is -2.64. The van der Waals surface area contributed by atoms with Gasteiger partial charge in [-0.2, -0.15) is 8.78 Å². The van der Waals surface area contributed by atoms with Crippen molar-refractivity contribution in [2.75, 3.05) is 0 Å². The molecule has 42 heavy (non-hydrogen) atoms. The number of nitrogens with two attached hydrogens (primary N) is 1. The zero-order valence-electron chi connectivity index (χ0n) is 22.4. The summed E-state index contributed by atoms with van der Waals surface area (Å²) in [6, 6.07) is 10.3. The highest BCUT2D eigenvalue weighted by Gasteiger charge is 2.57. The Morgan fingerprint density at radius 2 is 1.98 bits per heavy atom. The molecule has 2 aromatic heterocycles. The van der Waals surface area contributed by atoms with Gasteiger partial charge in [0.05, 0.1) is 50.0 Å². The molecule has 2 unspecified atom stereocenters. The van der Waals surface area contributed by atoms with Crippen LogP contribution in [0, 0.1) is 11.2 Å². The molecule has 2 atom stereocenters. The fraction of sp³-hybridized carbons (Fsp3) is 0.345. The standard InChI is InChI=1S/C29H24B2F3N5O3/c1-27(29(30,31)41)11-28(35,12-27)23-16(32)7-14(10-36-23)13-5-6-17-19(8-13)39-20-9-18(24(39)37-17)38-25(40)15-3-2-4-21(22(15)20)42-26(33)34/h2-8,10,18,20,26,41H,9,11-12,35H2,1H3,(H,38,40). The number of hydrogen-bond acceptors (Lipinski definition) is 6. The van der Waals surface area contributed by atoms with Gasteiger partial charge in [0, 0.05) is 22.9 Å². The maximum absolute atomic E-state index is 15.4. The van der Waals surface area contributed by atoms with Crippen molar-refractivity contribution in [2.24, 2.45) is 11.1 Å². The van der Waals surface area contributed by atoms with Gasteiger partial charge in [-0.05, 0) is 66.0 Å². The molecule has 4 aromatic rings. The van der Waals surface area contributed by atoms with Gasteiger partial charge >= 0.3 is 6.61 Å². The predicted octanol–water partition coefficient (Wildman–Crippen LogP) is 3.55. The molecule has 4 radical (unpaired) electrons. The van der Waals surface area contributed by atoms with Crippen LogP contribution in [0.15, 0.2) is 48.7 Å². The highest BCUT2D eigenvalue weighted by molar-refractivity contribution is 6.39. The number of halogens is 3. The first-order valence-corrected chi connectivity index (χ1v) is 13.4. The molecule has 210 valence electrons. The molecule has 0 saturated heterocycles. The second-order valence-electron chi connectivity index (χ2n) is 11.9. The Hall–Kier alpha value is -3.83.